The van der Waals surface area contributed by atoms with Gasteiger partial charge >= 0.3 is 0 Å². The second kappa shape index (κ2) is 15.0. The molecule has 172 valence electrons. The Balaban J connectivity index is 0.000000311. The van der Waals surface area contributed by atoms with Gasteiger partial charge in [-0.25, -0.2) is 8.42 Å². The molecule has 0 heterocycles. The number of unbranched alkanes of at least 4 members (excludes halogenated alkanes) is 2. The first-order valence-electron chi connectivity index (χ1n) is 10.3. The number of nitro groups is 1. The molecule has 31 heavy (non-hydrogen) atoms. The summed E-state index contributed by atoms with van der Waals surface area (Å²) in [6.45, 7) is 4.16. The Morgan fingerprint density at radius 3 is 1.90 bits per heavy atom. The van der Waals surface area contributed by atoms with E-state index in [0.29, 0.717) is 16.5 Å². The minimum Gasteiger partial charge on any atom is -0.726 e. The predicted octanol–water partition coefficient (Wildman–Crippen LogP) is 4.98. The Labute approximate surface area is 188 Å². The fraction of sp³-hybridized carbons (Fsp3) is 0.455. The summed E-state index contributed by atoms with van der Waals surface area (Å²) in [7, 11) is -4.11. The van der Waals surface area contributed by atoms with Crippen LogP contribution in [0, 0.1) is 10.1 Å². The highest BCUT2D eigenvalue weighted by atomic mass is 32.3. The average molecular weight is 470 g/mol. The monoisotopic (exact) mass is 469 g/mol. The van der Waals surface area contributed by atoms with Crippen LogP contribution in [0.2, 0.25) is 0 Å². The highest BCUT2D eigenvalue weighted by Crippen LogP contribution is 2.14. The van der Waals surface area contributed by atoms with Crippen molar-refractivity contribution < 1.29 is 22.1 Å². The average Bonchev–Trinajstić information content (AvgIpc) is 2.75. The number of hydrogen-bond acceptors (Lipinski definition) is 6. The topological polar surface area (TPSA) is 110 Å². The van der Waals surface area contributed by atoms with Crippen molar-refractivity contribution in [3.63, 3.8) is 0 Å². The smallest absolute Gasteiger partial charge is 0.269 e. The van der Waals surface area contributed by atoms with Gasteiger partial charge in [-0.2, -0.15) is 0 Å². The number of benzene rings is 2. The van der Waals surface area contributed by atoms with Crippen LogP contribution in [0.3, 0.4) is 0 Å². The van der Waals surface area contributed by atoms with E-state index in [1.54, 1.807) is 0 Å². The molecule has 0 aliphatic rings. The van der Waals surface area contributed by atoms with Gasteiger partial charge in [0.05, 0.1) is 11.5 Å². The number of non-ortho nitro benzene ring substituents is 1. The summed E-state index contributed by atoms with van der Waals surface area (Å²) in [6.07, 6.45) is 5.48. The van der Waals surface area contributed by atoms with Gasteiger partial charge in [-0.1, -0.05) is 57.0 Å². The lowest BCUT2D eigenvalue weighted by molar-refractivity contribution is -0.384. The first-order valence-corrected chi connectivity index (χ1v) is 13.3. The van der Waals surface area contributed by atoms with E-state index < -0.39 is 21.9 Å². The molecule has 2 aromatic rings. The summed E-state index contributed by atoms with van der Waals surface area (Å²) in [5.74, 6) is 4.18. The third kappa shape index (κ3) is 13.2. The molecule has 0 bridgehead atoms. The lowest BCUT2D eigenvalue weighted by Gasteiger charge is -2.08. The van der Waals surface area contributed by atoms with Gasteiger partial charge in [0.15, 0.2) is 0 Å². The van der Waals surface area contributed by atoms with Crippen LogP contribution in [-0.2, 0) is 37.8 Å². The van der Waals surface area contributed by atoms with E-state index >= 15 is 0 Å². The highest BCUT2D eigenvalue weighted by Gasteiger charge is 2.17. The molecule has 0 saturated heterocycles. The standard InChI is InChI=1S/C15H25S.C7H7NO6S/c1-3-5-12-16(13-6-4-2)14-15-10-8-7-9-11-15;9-8(10)7-3-1-6(2-4-7)5-14-15(11,12)13/h7-11H,3-6,12-14H2,1-2H3;1-4H,5H2,(H,11,12,13)/q+1;/p-1. The first kappa shape index (κ1) is 27.1. The maximum atomic E-state index is 10.3. The zero-order chi connectivity index (χ0) is 23.1. The van der Waals surface area contributed by atoms with Crippen LogP contribution < -0.4 is 0 Å². The molecule has 0 saturated carbocycles. The van der Waals surface area contributed by atoms with E-state index in [4.69, 9.17) is 0 Å². The molecule has 0 fully saturated rings. The fourth-order valence-corrected chi connectivity index (χ4v) is 5.44. The van der Waals surface area contributed by atoms with Gasteiger partial charge in [-0.3, -0.25) is 14.3 Å². The van der Waals surface area contributed by atoms with Crippen molar-refractivity contribution in [2.75, 3.05) is 11.5 Å². The van der Waals surface area contributed by atoms with Crippen LogP contribution in [0.15, 0.2) is 54.6 Å². The quantitative estimate of drug-likeness (QED) is 0.143. The van der Waals surface area contributed by atoms with E-state index in [9.17, 15) is 23.1 Å². The molecule has 7 nitrogen and oxygen atoms in total. The van der Waals surface area contributed by atoms with Crippen molar-refractivity contribution in [2.24, 2.45) is 0 Å². The zero-order valence-corrected chi connectivity index (χ0v) is 19.7. The van der Waals surface area contributed by atoms with Crippen molar-refractivity contribution in [3.05, 3.63) is 75.8 Å². The number of hydrogen-bond donors (Lipinski definition) is 0. The molecular formula is C22H31NO6S2. The third-order valence-electron chi connectivity index (χ3n) is 4.30. The van der Waals surface area contributed by atoms with E-state index in [1.165, 1.54) is 72.8 Å². The predicted molar refractivity (Wildman–Crippen MR) is 125 cm³/mol. The van der Waals surface area contributed by atoms with Crippen LogP contribution in [-0.4, -0.2) is 29.4 Å². The lowest BCUT2D eigenvalue weighted by atomic mass is 10.2. The van der Waals surface area contributed by atoms with Gasteiger partial charge in [-0.05, 0) is 41.4 Å². The Morgan fingerprint density at radius 2 is 1.45 bits per heavy atom. The van der Waals surface area contributed by atoms with E-state index in [2.05, 4.69) is 48.4 Å². The molecular weight excluding hydrogens is 438 g/mol. The van der Waals surface area contributed by atoms with Crippen molar-refractivity contribution in [1.82, 2.24) is 0 Å². The second-order valence-corrected chi connectivity index (χ2v) is 10.3. The van der Waals surface area contributed by atoms with Gasteiger partial charge in [-0.15, -0.1) is 0 Å². The molecule has 2 aromatic carbocycles. The van der Waals surface area contributed by atoms with Gasteiger partial charge in [0.25, 0.3) is 5.69 Å². The summed E-state index contributed by atoms with van der Waals surface area (Å²) < 4.78 is 34.2. The Kier molecular flexibility index (Phi) is 13.1. The Bertz CT molecular complexity index is 849. The maximum absolute atomic E-state index is 10.3. The number of rotatable bonds is 12. The Hall–Kier alpha value is -1.94. The van der Waals surface area contributed by atoms with Crippen molar-refractivity contribution in [3.8, 4) is 0 Å². The van der Waals surface area contributed by atoms with E-state index in [-0.39, 0.29) is 5.69 Å². The second-order valence-electron chi connectivity index (χ2n) is 6.95. The first-order chi connectivity index (χ1) is 14.7. The van der Waals surface area contributed by atoms with Crippen molar-refractivity contribution >= 4 is 27.0 Å². The molecule has 0 amide bonds. The highest BCUT2D eigenvalue weighted by molar-refractivity contribution is 7.96. The molecule has 0 atom stereocenters. The summed E-state index contributed by atoms with van der Waals surface area (Å²) in [4.78, 5) is 9.67. The number of nitrogens with zero attached hydrogens (tertiary/aromatic N) is 1. The van der Waals surface area contributed by atoms with E-state index in [0.717, 1.165) is 0 Å². The molecule has 0 aliphatic heterocycles. The summed E-state index contributed by atoms with van der Waals surface area (Å²) in [5.41, 5.74) is 1.77. The Morgan fingerprint density at radius 1 is 0.903 bits per heavy atom. The fourth-order valence-electron chi connectivity index (χ4n) is 2.61. The summed E-state index contributed by atoms with van der Waals surface area (Å²) >= 11 is 0. The zero-order valence-electron chi connectivity index (χ0n) is 18.1. The van der Waals surface area contributed by atoms with Crippen LogP contribution in [0.4, 0.5) is 5.69 Å². The van der Waals surface area contributed by atoms with Gasteiger partial charge in [0.1, 0.15) is 17.3 Å². The van der Waals surface area contributed by atoms with Crippen LogP contribution in [0.5, 0.6) is 0 Å². The molecule has 2 rings (SSSR count). The lowest BCUT2D eigenvalue weighted by Crippen LogP contribution is -2.14. The van der Waals surface area contributed by atoms with Crippen LogP contribution in [0.1, 0.15) is 50.7 Å². The van der Waals surface area contributed by atoms with Crippen molar-refractivity contribution in [2.45, 2.75) is 51.9 Å². The van der Waals surface area contributed by atoms with Gasteiger partial charge in [0.2, 0.25) is 10.4 Å². The molecule has 0 spiro atoms. The molecule has 0 aliphatic carbocycles. The number of nitro benzene ring substituents is 1. The minimum atomic E-state index is -4.73. The molecule has 0 unspecified atom stereocenters. The van der Waals surface area contributed by atoms with Crippen molar-refractivity contribution in [1.29, 1.82) is 0 Å². The molecule has 9 heteroatoms. The van der Waals surface area contributed by atoms with Gasteiger partial charge < -0.3 is 4.55 Å². The molecule has 0 radical (unpaired) electrons. The summed E-state index contributed by atoms with van der Waals surface area (Å²) in [5, 5.41) is 10.3. The molecule has 0 aromatic heterocycles. The maximum Gasteiger partial charge on any atom is 0.269 e. The van der Waals surface area contributed by atoms with Crippen LogP contribution >= 0.6 is 0 Å². The normalized spacial score (nSPS) is 11.1. The largest absolute Gasteiger partial charge is 0.726 e. The van der Waals surface area contributed by atoms with Crippen LogP contribution in [0.25, 0.3) is 0 Å². The van der Waals surface area contributed by atoms with E-state index in [1.807, 2.05) is 0 Å². The summed E-state index contributed by atoms with van der Waals surface area (Å²) in [6, 6.07) is 16.0. The minimum absolute atomic E-state index is 0.122. The SMILES string of the molecule is CCCC[S+](CCCC)Cc1ccccc1.O=[N+]([O-])c1ccc(COS(=O)(=O)[O-])cc1. The molecule has 0 N–H and O–H groups in total. The van der Waals surface area contributed by atoms with Gasteiger partial charge in [0, 0.05) is 17.7 Å². The third-order valence-corrected chi connectivity index (χ3v) is 7.18.